The molecule has 5 heteroatoms. The average Bonchev–Trinajstić information content (AvgIpc) is 2.37. The van der Waals surface area contributed by atoms with Crippen molar-refractivity contribution in [1.29, 1.82) is 0 Å². The molecule has 2 atom stereocenters. The van der Waals surface area contributed by atoms with Gasteiger partial charge in [0.05, 0.1) is 6.10 Å². The average molecular weight is 314 g/mol. The van der Waals surface area contributed by atoms with Gasteiger partial charge in [-0.05, 0) is 57.4 Å². The molecule has 0 aliphatic heterocycles. The largest absolute Gasteiger partial charge is 0.478 e. The van der Waals surface area contributed by atoms with Crippen LogP contribution in [0.2, 0.25) is 5.02 Å². The molecule has 4 nitrogen and oxygen atoms in total. The summed E-state index contributed by atoms with van der Waals surface area (Å²) in [5.41, 5.74) is -0.974. The predicted octanol–water partition coefficient (Wildman–Crippen LogP) is 3.02. The molecule has 1 aromatic carbocycles. The summed E-state index contributed by atoms with van der Waals surface area (Å²) in [6.07, 6.45) is 0.286. The Labute approximate surface area is 131 Å². The van der Waals surface area contributed by atoms with Crippen molar-refractivity contribution < 1.29 is 14.6 Å². The lowest BCUT2D eigenvalue weighted by molar-refractivity contribution is -0.134. The van der Waals surface area contributed by atoms with Crippen molar-refractivity contribution in [2.75, 3.05) is 6.54 Å². The molecule has 1 aromatic rings. The fourth-order valence-corrected chi connectivity index (χ4v) is 2.12. The monoisotopic (exact) mass is 313 g/mol. The number of hydrogen-bond acceptors (Lipinski definition) is 3. The maximum absolute atomic E-state index is 12.2. The van der Waals surface area contributed by atoms with Gasteiger partial charge < -0.3 is 15.2 Å². The van der Waals surface area contributed by atoms with Crippen LogP contribution in [0.15, 0.2) is 24.3 Å². The van der Waals surface area contributed by atoms with Crippen LogP contribution in [0.5, 0.6) is 5.75 Å². The fraction of sp³-hybridized carbons (Fsp3) is 0.562. The van der Waals surface area contributed by atoms with E-state index in [1.807, 2.05) is 6.92 Å². The van der Waals surface area contributed by atoms with Gasteiger partial charge in [-0.15, -0.1) is 0 Å². The highest BCUT2D eigenvalue weighted by atomic mass is 35.5. The Morgan fingerprint density at radius 1 is 1.33 bits per heavy atom. The minimum atomic E-state index is -0.974. The van der Waals surface area contributed by atoms with Gasteiger partial charge in [-0.3, -0.25) is 4.79 Å². The lowest BCUT2D eigenvalue weighted by Crippen LogP contribution is -2.47. The Morgan fingerprint density at radius 2 is 1.90 bits per heavy atom. The highest BCUT2D eigenvalue weighted by Gasteiger charge is 2.30. The van der Waals surface area contributed by atoms with Crippen LogP contribution in [0.3, 0.4) is 0 Å². The molecule has 0 fully saturated rings. The molecule has 1 rings (SSSR count). The van der Waals surface area contributed by atoms with Gasteiger partial charge in [0, 0.05) is 11.6 Å². The Kier molecular flexibility index (Phi) is 6.49. The number of aliphatic hydroxyl groups is 1. The van der Waals surface area contributed by atoms with E-state index in [1.165, 1.54) is 0 Å². The summed E-state index contributed by atoms with van der Waals surface area (Å²) in [5.74, 6) is 0.617. The van der Waals surface area contributed by atoms with Gasteiger partial charge in [0.1, 0.15) is 5.75 Å². The van der Waals surface area contributed by atoms with Crippen LogP contribution < -0.4 is 10.1 Å². The van der Waals surface area contributed by atoms with E-state index in [4.69, 9.17) is 16.3 Å². The van der Waals surface area contributed by atoms with E-state index >= 15 is 0 Å². The molecule has 0 heterocycles. The van der Waals surface area contributed by atoms with E-state index in [2.05, 4.69) is 5.32 Å². The number of benzene rings is 1. The molecule has 0 aliphatic rings. The van der Waals surface area contributed by atoms with Gasteiger partial charge in [0.25, 0.3) is 5.91 Å². The van der Waals surface area contributed by atoms with Crippen LogP contribution in [-0.2, 0) is 4.79 Å². The first-order valence-corrected chi connectivity index (χ1v) is 7.49. The first kappa shape index (κ1) is 17.8. The van der Waals surface area contributed by atoms with Crippen LogP contribution in [0, 0.1) is 5.92 Å². The second-order valence-electron chi connectivity index (χ2n) is 5.97. The summed E-state index contributed by atoms with van der Waals surface area (Å²) in [6.45, 7) is 7.68. The molecule has 0 radical (unpaired) electrons. The normalized spacial score (nSPS) is 14.4. The standard InChI is InChI=1S/C16H24ClNO3/c1-11(9-12(2)19)10-18-15(20)16(3,4)21-14-7-5-13(17)6-8-14/h5-8,11-12,19H,9-10H2,1-4H3,(H,18,20). The highest BCUT2D eigenvalue weighted by molar-refractivity contribution is 6.30. The van der Waals surface area contributed by atoms with Crippen LogP contribution >= 0.6 is 11.6 Å². The highest BCUT2D eigenvalue weighted by Crippen LogP contribution is 2.21. The third-order valence-corrected chi connectivity index (χ3v) is 3.34. The summed E-state index contributed by atoms with van der Waals surface area (Å²) >= 11 is 5.82. The molecule has 118 valence electrons. The molecule has 0 spiro atoms. The topological polar surface area (TPSA) is 58.6 Å². The number of nitrogens with one attached hydrogen (secondary N) is 1. The van der Waals surface area contributed by atoms with E-state index in [9.17, 15) is 9.90 Å². The van der Waals surface area contributed by atoms with Crippen molar-refractivity contribution in [1.82, 2.24) is 5.32 Å². The van der Waals surface area contributed by atoms with Crippen LogP contribution in [-0.4, -0.2) is 29.3 Å². The Morgan fingerprint density at radius 3 is 2.43 bits per heavy atom. The Bertz CT molecular complexity index is 457. The molecule has 2 N–H and O–H groups in total. The van der Waals surface area contributed by atoms with Crippen LogP contribution in [0.25, 0.3) is 0 Å². The number of hydrogen-bond donors (Lipinski definition) is 2. The van der Waals surface area contributed by atoms with E-state index in [0.717, 1.165) is 0 Å². The fourth-order valence-electron chi connectivity index (χ4n) is 1.99. The second-order valence-corrected chi connectivity index (χ2v) is 6.40. The first-order chi connectivity index (χ1) is 9.70. The number of halogens is 1. The van der Waals surface area contributed by atoms with Crippen molar-refractivity contribution in [3.8, 4) is 5.75 Å². The molecule has 0 bridgehead atoms. The smallest absolute Gasteiger partial charge is 0.263 e. The van der Waals surface area contributed by atoms with Crippen molar-refractivity contribution in [2.24, 2.45) is 5.92 Å². The third-order valence-electron chi connectivity index (χ3n) is 3.09. The maximum Gasteiger partial charge on any atom is 0.263 e. The van der Waals surface area contributed by atoms with E-state index in [-0.39, 0.29) is 17.9 Å². The molecule has 0 aromatic heterocycles. The lowest BCUT2D eigenvalue weighted by atomic mass is 10.0. The zero-order chi connectivity index (χ0) is 16.0. The molecule has 2 unspecified atom stereocenters. The number of carbonyl (C=O) groups is 1. The number of rotatable bonds is 7. The summed E-state index contributed by atoms with van der Waals surface area (Å²) in [5, 5.41) is 12.8. The summed E-state index contributed by atoms with van der Waals surface area (Å²) in [6, 6.07) is 6.89. The zero-order valence-corrected chi connectivity index (χ0v) is 13.8. The van der Waals surface area contributed by atoms with Crippen molar-refractivity contribution in [3.63, 3.8) is 0 Å². The quantitative estimate of drug-likeness (QED) is 0.813. The van der Waals surface area contributed by atoms with Crippen molar-refractivity contribution in [3.05, 3.63) is 29.3 Å². The van der Waals surface area contributed by atoms with Gasteiger partial charge in [0.15, 0.2) is 5.60 Å². The zero-order valence-electron chi connectivity index (χ0n) is 13.0. The molecular weight excluding hydrogens is 290 g/mol. The van der Waals surface area contributed by atoms with Gasteiger partial charge >= 0.3 is 0 Å². The lowest BCUT2D eigenvalue weighted by Gasteiger charge is -2.26. The SMILES string of the molecule is CC(O)CC(C)CNC(=O)C(C)(C)Oc1ccc(Cl)cc1. The number of carbonyl (C=O) groups excluding carboxylic acids is 1. The molecule has 1 amide bonds. The number of aliphatic hydroxyl groups excluding tert-OH is 1. The minimum absolute atomic E-state index is 0.185. The van der Waals surface area contributed by atoms with Gasteiger partial charge in [-0.1, -0.05) is 18.5 Å². The summed E-state index contributed by atoms with van der Waals surface area (Å²) in [7, 11) is 0. The third kappa shape index (κ3) is 6.36. The molecule has 21 heavy (non-hydrogen) atoms. The minimum Gasteiger partial charge on any atom is -0.478 e. The Balaban J connectivity index is 2.52. The molecular formula is C16H24ClNO3. The second kappa shape index (κ2) is 7.66. The Hall–Kier alpha value is -1.26. The van der Waals surface area contributed by atoms with Crippen LogP contribution in [0.1, 0.15) is 34.1 Å². The van der Waals surface area contributed by atoms with Crippen LogP contribution in [0.4, 0.5) is 0 Å². The summed E-state index contributed by atoms with van der Waals surface area (Å²) < 4.78 is 5.71. The summed E-state index contributed by atoms with van der Waals surface area (Å²) in [4.78, 5) is 12.2. The molecule has 0 saturated heterocycles. The van der Waals surface area contributed by atoms with E-state index < -0.39 is 5.60 Å². The maximum atomic E-state index is 12.2. The first-order valence-electron chi connectivity index (χ1n) is 7.11. The number of amides is 1. The molecule has 0 aliphatic carbocycles. The van der Waals surface area contributed by atoms with E-state index in [0.29, 0.717) is 23.7 Å². The van der Waals surface area contributed by atoms with Crippen molar-refractivity contribution in [2.45, 2.75) is 45.8 Å². The predicted molar refractivity (Wildman–Crippen MR) is 84.6 cm³/mol. The van der Waals surface area contributed by atoms with Gasteiger partial charge in [0.2, 0.25) is 0 Å². The molecule has 0 saturated carbocycles. The van der Waals surface area contributed by atoms with Crippen molar-refractivity contribution >= 4 is 17.5 Å². The van der Waals surface area contributed by atoms with Gasteiger partial charge in [-0.2, -0.15) is 0 Å². The van der Waals surface area contributed by atoms with E-state index in [1.54, 1.807) is 45.0 Å². The van der Waals surface area contributed by atoms with Gasteiger partial charge in [-0.25, -0.2) is 0 Å². The number of ether oxygens (including phenoxy) is 1.